The molecular weight excluding hydrogens is 397 g/mol. The molecular formula is C21H33ClFN3O3. The lowest BCUT2D eigenvalue weighted by Gasteiger charge is -2.39. The van der Waals surface area contributed by atoms with Crippen molar-refractivity contribution in [3.8, 4) is 0 Å². The highest BCUT2D eigenvalue weighted by Crippen LogP contribution is 2.20. The molecule has 0 spiro atoms. The second kappa shape index (κ2) is 10.9. The van der Waals surface area contributed by atoms with Crippen molar-refractivity contribution in [3.05, 3.63) is 35.6 Å². The lowest BCUT2D eigenvalue weighted by Crippen LogP contribution is -2.51. The van der Waals surface area contributed by atoms with Gasteiger partial charge in [0.2, 0.25) is 5.91 Å². The van der Waals surface area contributed by atoms with E-state index < -0.39 is 5.97 Å². The topological polar surface area (TPSA) is 64.1 Å². The Bertz CT molecular complexity index is 688. The van der Waals surface area contributed by atoms with Crippen LogP contribution in [-0.4, -0.2) is 76.5 Å². The fourth-order valence-corrected chi connectivity index (χ4v) is 3.65. The number of likely N-dealkylation sites (tertiary alicyclic amines) is 1. The van der Waals surface area contributed by atoms with E-state index in [0.717, 1.165) is 31.5 Å². The van der Waals surface area contributed by atoms with E-state index in [1.807, 2.05) is 38.8 Å². The summed E-state index contributed by atoms with van der Waals surface area (Å²) in [6.45, 7) is 8.21. The van der Waals surface area contributed by atoms with Crippen LogP contribution in [0.2, 0.25) is 0 Å². The molecule has 8 heteroatoms. The predicted octanol–water partition coefficient (Wildman–Crippen LogP) is 2.86. The molecule has 29 heavy (non-hydrogen) atoms. The van der Waals surface area contributed by atoms with Crippen LogP contribution >= 0.6 is 12.4 Å². The summed E-state index contributed by atoms with van der Waals surface area (Å²) < 4.78 is 13.5. The van der Waals surface area contributed by atoms with E-state index in [-0.39, 0.29) is 42.3 Å². The van der Waals surface area contributed by atoms with Gasteiger partial charge in [0.05, 0.1) is 13.1 Å². The first kappa shape index (κ1) is 25.3. The van der Waals surface area contributed by atoms with Gasteiger partial charge in [-0.1, -0.05) is 12.1 Å². The lowest BCUT2D eigenvalue weighted by atomic mass is 10.0. The van der Waals surface area contributed by atoms with Crippen LogP contribution in [0.5, 0.6) is 0 Å². The first-order chi connectivity index (χ1) is 13.1. The minimum atomic E-state index is -0.821. The number of halogens is 2. The number of benzene rings is 1. The Kier molecular flexibility index (Phi) is 9.52. The van der Waals surface area contributed by atoms with Crippen molar-refractivity contribution >= 4 is 24.3 Å². The first-order valence-corrected chi connectivity index (χ1v) is 9.75. The standard InChI is InChI=1S/C21H32FN3O3.ClH/c1-21(2,3)25(13-16-6-5-7-17(22)12-16)19(26)14-24-10-8-18(9-11-24)23(4)15-20(27)28;/h5-7,12,18H,8-11,13-15H2,1-4H3,(H,27,28);1H. The number of carboxylic acid groups (broad SMARTS) is 1. The molecule has 1 amide bonds. The number of aliphatic carboxylic acids is 1. The fourth-order valence-electron chi connectivity index (χ4n) is 3.65. The third-order valence-corrected chi connectivity index (χ3v) is 5.26. The van der Waals surface area contributed by atoms with E-state index in [9.17, 15) is 14.0 Å². The fraction of sp³-hybridized carbons (Fsp3) is 0.619. The molecule has 0 aliphatic carbocycles. The molecule has 164 valence electrons. The number of likely N-dealkylation sites (N-methyl/N-ethyl adjacent to an activating group) is 1. The molecule has 1 aliphatic heterocycles. The number of amides is 1. The maximum Gasteiger partial charge on any atom is 0.317 e. The van der Waals surface area contributed by atoms with Gasteiger partial charge in [0.15, 0.2) is 0 Å². The molecule has 1 saturated heterocycles. The number of piperidine rings is 1. The van der Waals surface area contributed by atoms with Gasteiger partial charge in [-0.3, -0.25) is 19.4 Å². The summed E-state index contributed by atoms with van der Waals surface area (Å²) in [6.07, 6.45) is 1.69. The molecule has 1 aromatic carbocycles. The number of nitrogens with zero attached hydrogens (tertiary/aromatic N) is 3. The maximum absolute atomic E-state index is 13.5. The Morgan fingerprint density at radius 2 is 1.86 bits per heavy atom. The minimum absolute atomic E-state index is 0. The smallest absolute Gasteiger partial charge is 0.317 e. The molecule has 6 nitrogen and oxygen atoms in total. The molecule has 1 N–H and O–H groups in total. The summed E-state index contributed by atoms with van der Waals surface area (Å²) in [5.41, 5.74) is 0.404. The second-order valence-electron chi connectivity index (χ2n) is 8.60. The highest BCUT2D eigenvalue weighted by atomic mass is 35.5. The summed E-state index contributed by atoms with van der Waals surface area (Å²) in [5, 5.41) is 8.94. The van der Waals surface area contributed by atoms with Gasteiger partial charge in [-0.05, 0) is 58.4 Å². The summed E-state index contributed by atoms with van der Waals surface area (Å²) in [6, 6.07) is 6.59. The molecule has 0 aromatic heterocycles. The Balaban J connectivity index is 0.00000420. The van der Waals surface area contributed by atoms with Crippen LogP contribution in [0.1, 0.15) is 39.2 Å². The molecule has 0 unspecified atom stereocenters. The average molecular weight is 430 g/mol. The highest BCUT2D eigenvalue weighted by Gasteiger charge is 2.30. The summed E-state index contributed by atoms with van der Waals surface area (Å²) in [7, 11) is 1.83. The Labute approximate surface area is 179 Å². The van der Waals surface area contributed by atoms with Gasteiger partial charge in [0, 0.05) is 31.2 Å². The Hall–Kier alpha value is -1.70. The Morgan fingerprint density at radius 3 is 2.38 bits per heavy atom. The van der Waals surface area contributed by atoms with Crippen LogP contribution in [0.3, 0.4) is 0 Å². The highest BCUT2D eigenvalue weighted by molar-refractivity contribution is 5.85. The quantitative estimate of drug-likeness (QED) is 0.722. The third kappa shape index (κ3) is 7.91. The monoisotopic (exact) mass is 429 g/mol. The van der Waals surface area contributed by atoms with Crippen LogP contribution in [0.4, 0.5) is 4.39 Å². The summed E-state index contributed by atoms with van der Waals surface area (Å²) in [4.78, 5) is 29.7. The zero-order valence-electron chi connectivity index (χ0n) is 17.7. The van der Waals surface area contributed by atoms with Crippen molar-refractivity contribution in [2.75, 3.05) is 33.2 Å². The first-order valence-electron chi connectivity index (χ1n) is 9.75. The van der Waals surface area contributed by atoms with Crippen LogP contribution in [0, 0.1) is 5.82 Å². The number of carbonyl (C=O) groups is 2. The van der Waals surface area contributed by atoms with Crippen molar-refractivity contribution in [3.63, 3.8) is 0 Å². The van der Waals surface area contributed by atoms with Crippen molar-refractivity contribution < 1.29 is 19.1 Å². The maximum atomic E-state index is 13.5. The van der Waals surface area contributed by atoms with Gasteiger partial charge >= 0.3 is 5.97 Å². The van der Waals surface area contributed by atoms with Crippen LogP contribution in [-0.2, 0) is 16.1 Å². The number of hydrogen-bond acceptors (Lipinski definition) is 4. The lowest BCUT2D eigenvalue weighted by molar-refractivity contribution is -0.138. The molecule has 1 heterocycles. The molecule has 0 saturated carbocycles. The minimum Gasteiger partial charge on any atom is -0.480 e. The van der Waals surface area contributed by atoms with E-state index in [1.165, 1.54) is 12.1 Å². The van der Waals surface area contributed by atoms with Gasteiger partial charge in [-0.15, -0.1) is 12.4 Å². The average Bonchev–Trinajstić information content (AvgIpc) is 2.58. The summed E-state index contributed by atoms with van der Waals surface area (Å²) in [5.74, 6) is -1.10. The van der Waals surface area contributed by atoms with Crippen molar-refractivity contribution in [1.82, 2.24) is 14.7 Å². The molecule has 1 aromatic rings. The van der Waals surface area contributed by atoms with Crippen molar-refractivity contribution in [2.24, 2.45) is 0 Å². The molecule has 0 bridgehead atoms. The zero-order valence-corrected chi connectivity index (χ0v) is 18.5. The number of carboxylic acids is 1. The number of rotatable bonds is 7. The van der Waals surface area contributed by atoms with Crippen LogP contribution < -0.4 is 0 Å². The van der Waals surface area contributed by atoms with Gasteiger partial charge in [-0.2, -0.15) is 0 Å². The Morgan fingerprint density at radius 1 is 1.24 bits per heavy atom. The van der Waals surface area contributed by atoms with E-state index >= 15 is 0 Å². The predicted molar refractivity (Wildman–Crippen MR) is 114 cm³/mol. The number of carbonyl (C=O) groups excluding carboxylic acids is 1. The van der Waals surface area contributed by atoms with E-state index in [4.69, 9.17) is 5.11 Å². The van der Waals surface area contributed by atoms with Crippen LogP contribution in [0.15, 0.2) is 24.3 Å². The van der Waals surface area contributed by atoms with E-state index in [0.29, 0.717) is 13.1 Å². The molecule has 1 aliphatic rings. The molecule has 0 atom stereocenters. The van der Waals surface area contributed by atoms with Crippen LogP contribution in [0.25, 0.3) is 0 Å². The van der Waals surface area contributed by atoms with Gasteiger partial charge < -0.3 is 10.0 Å². The largest absolute Gasteiger partial charge is 0.480 e. The summed E-state index contributed by atoms with van der Waals surface area (Å²) >= 11 is 0. The molecule has 2 rings (SSSR count). The van der Waals surface area contributed by atoms with Gasteiger partial charge in [0.1, 0.15) is 5.82 Å². The van der Waals surface area contributed by atoms with E-state index in [2.05, 4.69) is 4.90 Å². The van der Waals surface area contributed by atoms with Gasteiger partial charge in [0.25, 0.3) is 0 Å². The van der Waals surface area contributed by atoms with Crippen molar-refractivity contribution in [2.45, 2.75) is 51.7 Å². The normalized spacial score (nSPS) is 15.8. The second-order valence-corrected chi connectivity index (χ2v) is 8.60. The van der Waals surface area contributed by atoms with Crippen molar-refractivity contribution in [1.29, 1.82) is 0 Å². The number of hydrogen-bond donors (Lipinski definition) is 1. The SMILES string of the molecule is CN(CC(=O)O)C1CCN(CC(=O)N(Cc2cccc(F)c2)C(C)(C)C)CC1.Cl. The molecule has 1 fully saturated rings. The molecule has 0 radical (unpaired) electrons. The zero-order chi connectivity index (χ0) is 20.9. The third-order valence-electron chi connectivity index (χ3n) is 5.26. The van der Waals surface area contributed by atoms with E-state index in [1.54, 1.807) is 11.0 Å². The van der Waals surface area contributed by atoms with Gasteiger partial charge in [-0.25, -0.2) is 4.39 Å².